The van der Waals surface area contributed by atoms with Crippen LogP contribution in [0.15, 0.2) is 16.6 Å². The molecule has 1 aliphatic rings. The van der Waals surface area contributed by atoms with Crippen molar-refractivity contribution in [3.8, 4) is 0 Å². The van der Waals surface area contributed by atoms with Gasteiger partial charge in [-0.25, -0.2) is 0 Å². The summed E-state index contributed by atoms with van der Waals surface area (Å²) in [6.45, 7) is 4.09. The fourth-order valence-corrected chi connectivity index (χ4v) is 3.12. The summed E-state index contributed by atoms with van der Waals surface area (Å²) in [5.41, 5.74) is 8.82. The van der Waals surface area contributed by atoms with E-state index in [0.717, 1.165) is 34.5 Å². The molecule has 0 saturated carbocycles. The molecule has 2 N–H and O–H groups in total. The van der Waals surface area contributed by atoms with Crippen molar-refractivity contribution in [2.24, 2.45) is 5.73 Å². The summed E-state index contributed by atoms with van der Waals surface area (Å²) in [5.74, 6) is 0.147. The average molecular weight is 312 g/mol. The molecule has 98 valence electrons. The number of hydrogen-bond acceptors (Lipinski definition) is 3. The number of anilines is 2. The summed E-state index contributed by atoms with van der Waals surface area (Å²) in [5, 5.41) is 0. The number of hydrogen-bond donors (Lipinski definition) is 1. The van der Waals surface area contributed by atoms with Gasteiger partial charge in [0.25, 0.3) is 0 Å². The first-order valence-corrected chi connectivity index (χ1v) is 6.85. The van der Waals surface area contributed by atoms with Crippen LogP contribution in [0.25, 0.3) is 0 Å². The summed E-state index contributed by atoms with van der Waals surface area (Å²) in [6.07, 6.45) is 0.524. The van der Waals surface area contributed by atoms with Crippen molar-refractivity contribution in [1.29, 1.82) is 0 Å². The van der Waals surface area contributed by atoms with Gasteiger partial charge < -0.3 is 15.5 Å². The zero-order chi connectivity index (χ0) is 13.3. The van der Waals surface area contributed by atoms with Gasteiger partial charge in [0.2, 0.25) is 5.91 Å². The van der Waals surface area contributed by atoms with Gasteiger partial charge in [0, 0.05) is 37.6 Å². The molecule has 18 heavy (non-hydrogen) atoms. The highest BCUT2D eigenvalue weighted by Crippen LogP contribution is 2.39. The highest BCUT2D eigenvalue weighted by atomic mass is 79.9. The van der Waals surface area contributed by atoms with E-state index in [0.29, 0.717) is 13.0 Å². The van der Waals surface area contributed by atoms with Gasteiger partial charge in [-0.05, 0) is 40.5 Å². The van der Waals surface area contributed by atoms with Crippen molar-refractivity contribution in [1.82, 2.24) is 0 Å². The molecule has 0 unspecified atom stereocenters. The maximum absolute atomic E-state index is 12.0. The van der Waals surface area contributed by atoms with Crippen LogP contribution in [0.2, 0.25) is 0 Å². The molecule has 0 atom stereocenters. The number of aryl methyl sites for hydroxylation is 1. The second-order valence-electron chi connectivity index (χ2n) is 4.59. The minimum Gasteiger partial charge on any atom is -0.367 e. The molecule has 0 aliphatic carbocycles. The molecule has 0 aromatic heterocycles. The van der Waals surface area contributed by atoms with Crippen LogP contribution in [0.3, 0.4) is 0 Å². The second kappa shape index (κ2) is 5.28. The van der Waals surface area contributed by atoms with E-state index < -0.39 is 0 Å². The van der Waals surface area contributed by atoms with Crippen LogP contribution in [0.1, 0.15) is 12.0 Å². The molecule has 1 aromatic rings. The summed E-state index contributed by atoms with van der Waals surface area (Å²) in [6, 6.07) is 4.12. The molecule has 5 heteroatoms. The summed E-state index contributed by atoms with van der Waals surface area (Å²) in [7, 11) is 1.83. The van der Waals surface area contributed by atoms with E-state index in [-0.39, 0.29) is 5.91 Å². The van der Waals surface area contributed by atoms with E-state index in [4.69, 9.17) is 5.73 Å². The Morgan fingerprint density at radius 1 is 1.44 bits per heavy atom. The topological polar surface area (TPSA) is 49.6 Å². The third-order valence-electron chi connectivity index (χ3n) is 3.23. The number of fused-ring (bicyclic) bond motifs is 1. The number of nitrogens with two attached hydrogens (primary N) is 1. The highest BCUT2D eigenvalue weighted by Gasteiger charge is 2.25. The Hall–Kier alpha value is -1.07. The van der Waals surface area contributed by atoms with E-state index in [2.05, 4.69) is 26.9 Å². The number of benzene rings is 1. The van der Waals surface area contributed by atoms with Crippen LogP contribution in [0.5, 0.6) is 0 Å². The molecule has 4 nitrogen and oxygen atoms in total. The standard InChI is InChI=1S/C13H18BrN3O/c1-9-7-10(14)13-11(8-9)16(2)12(18)3-5-17(13)6-4-15/h7-8H,3-6,15H2,1-2H3. The number of amides is 1. The summed E-state index contributed by atoms with van der Waals surface area (Å²) >= 11 is 3.60. The Kier molecular flexibility index (Phi) is 3.92. The van der Waals surface area contributed by atoms with Crippen molar-refractivity contribution in [2.45, 2.75) is 13.3 Å². The maximum Gasteiger partial charge on any atom is 0.228 e. The van der Waals surface area contributed by atoms with Gasteiger partial charge in [-0.1, -0.05) is 0 Å². The lowest BCUT2D eigenvalue weighted by Crippen LogP contribution is -2.30. The minimum atomic E-state index is 0.147. The van der Waals surface area contributed by atoms with Gasteiger partial charge in [0.05, 0.1) is 11.4 Å². The molecule has 1 amide bonds. The Morgan fingerprint density at radius 2 is 2.17 bits per heavy atom. The predicted molar refractivity (Wildman–Crippen MR) is 78.2 cm³/mol. The van der Waals surface area contributed by atoms with Crippen LogP contribution in [0, 0.1) is 6.92 Å². The van der Waals surface area contributed by atoms with Gasteiger partial charge in [-0.3, -0.25) is 4.79 Å². The first-order valence-electron chi connectivity index (χ1n) is 6.06. The van der Waals surface area contributed by atoms with Crippen LogP contribution in [-0.4, -0.2) is 32.6 Å². The third-order valence-corrected chi connectivity index (χ3v) is 3.84. The number of carbonyl (C=O) groups is 1. The SMILES string of the molecule is Cc1cc(Br)c2c(c1)N(C)C(=O)CCN2CCN. The van der Waals surface area contributed by atoms with Crippen LogP contribution >= 0.6 is 15.9 Å². The fourth-order valence-electron chi connectivity index (χ4n) is 2.31. The van der Waals surface area contributed by atoms with Crippen LogP contribution < -0.4 is 15.5 Å². The van der Waals surface area contributed by atoms with E-state index >= 15 is 0 Å². The molecular weight excluding hydrogens is 294 g/mol. The summed E-state index contributed by atoms with van der Waals surface area (Å²) < 4.78 is 1.02. The van der Waals surface area contributed by atoms with E-state index in [1.165, 1.54) is 0 Å². The maximum atomic E-state index is 12.0. The zero-order valence-electron chi connectivity index (χ0n) is 10.7. The first kappa shape index (κ1) is 13.4. The first-order chi connectivity index (χ1) is 8.54. The number of nitrogens with zero attached hydrogens (tertiary/aromatic N) is 2. The van der Waals surface area contributed by atoms with Crippen molar-refractivity contribution in [3.63, 3.8) is 0 Å². The summed E-state index contributed by atoms with van der Waals surface area (Å²) in [4.78, 5) is 15.9. The Bertz CT molecular complexity index is 476. The second-order valence-corrected chi connectivity index (χ2v) is 5.45. The van der Waals surface area contributed by atoms with E-state index in [1.807, 2.05) is 20.0 Å². The van der Waals surface area contributed by atoms with E-state index in [9.17, 15) is 4.79 Å². The Morgan fingerprint density at radius 3 is 2.83 bits per heavy atom. The molecule has 1 aromatic carbocycles. The van der Waals surface area contributed by atoms with Crippen LogP contribution in [-0.2, 0) is 4.79 Å². The Balaban J connectivity index is 2.57. The molecule has 0 spiro atoms. The van der Waals surface area contributed by atoms with Gasteiger partial charge in [0.1, 0.15) is 0 Å². The van der Waals surface area contributed by atoms with Gasteiger partial charge in [-0.15, -0.1) is 0 Å². The lowest BCUT2D eigenvalue weighted by atomic mass is 10.1. The molecule has 1 aliphatic heterocycles. The predicted octanol–water partition coefficient (Wildman–Crippen LogP) is 1.89. The third kappa shape index (κ3) is 2.37. The molecule has 2 rings (SSSR count). The number of halogens is 1. The quantitative estimate of drug-likeness (QED) is 0.907. The average Bonchev–Trinajstić information content (AvgIpc) is 2.42. The van der Waals surface area contributed by atoms with Crippen molar-refractivity contribution >= 4 is 33.2 Å². The molecule has 0 saturated heterocycles. The van der Waals surface area contributed by atoms with E-state index in [1.54, 1.807) is 4.90 Å². The van der Waals surface area contributed by atoms with Gasteiger partial charge in [0.15, 0.2) is 0 Å². The van der Waals surface area contributed by atoms with Crippen molar-refractivity contribution in [3.05, 3.63) is 22.2 Å². The highest BCUT2D eigenvalue weighted by molar-refractivity contribution is 9.10. The van der Waals surface area contributed by atoms with Gasteiger partial charge >= 0.3 is 0 Å². The molecule has 0 radical (unpaired) electrons. The molecule has 1 heterocycles. The smallest absolute Gasteiger partial charge is 0.228 e. The van der Waals surface area contributed by atoms with Crippen molar-refractivity contribution < 1.29 is 4.79 Å². The lowest BCUT2D eigenvalue weighted by molar-refractivity contribution is -0.118. The minimum absolute atomic E-state index is 0.147. The van der Waals surface area contributed by atoms with Gasteiger partial charge in [-0.2, -0.15) is 0 Å². The number of rotatable bonds is 2. The normalized spacial score (nSPS) is 15.7. The lowest BCUT2D eigenvalue weighted by Gasteiger charge is -2.26. The molecule has 0 bridgehead atoms. The molecule has 0 fully saturated rings. The van der Waals surface area contributed by atoms with Crippen molar-refractivity contribution in [2.75, 3.05) is 36.5 Å². The van der Waals surface area contributed by atoms with Crippen LogP contribution in [0.4, 0.5) is 11.4 Å². The monoisotopic (exact) mass is 311 g/mol. The largest absolute Gasteiger partial charge is 0.367 e. The molecular formula is C13H18BrN3O. The zero-order valence-corrected chi connectivity index (χ0v) is 12.3. The fraction of sp³-hybridized carbons (Fsp3) is 0.462. The Labute approximate surface area is 116 Å². The number of carbonyl (C=O) groups excluding carboxylic acids is 1.